The molecule has 0 amide bonds. The molecule has 0 saturated carbocycles. The van der Waals surface area contributed by atoms with Gasteiger partial charge in [-0.1, -0.05) is 57.3 Å². The Morgan fingerprint density at radius 1 is 1.20 bits per heavy atom. The summed E-state index contributed by atoms with van der Waals surface area (Å²) in [7, 11) is -1.85. The number of aromatic nitrogens is 2. The molecule has 0 spiro atoms. The Morgan fingerprint density at radius 2 is 1.85 bits per heavy atom. The van der Waals surface area contributed by atoms with Gasteiger partial charge >= 0.3 is 8.32 Å². The molecule has 108 valence electrons. The minimum Gasteiger partial charge on any atom is -0.336 e. The number of hydrogen-bond donors (Lipinski definition) is 0. The van der Waals surface area contributed by atoms with Gasteiger partial charge in [-0.25, -0.2) is 4.68 Å². The number of hydrogen-bond acceptors (Lipinski definition) is 1. The molecule has 20 heavy (non-hydrogen) atoms. The molecule has 3 nitrogen and oxygen atoms in total. The van der Waals surface area contributed by atoms with Gasteiger partial charge in [0.25, 0.3) is 0 Å². The zero-order valence-electron chi connectivity index (χ0n) is 13.1. The van der Waals surface area contributed by atoms with Crippen LogP contribution in [0.5, 0.6) is 0 Å². The number of nitrogens with zero attached hydrogens (tertiary/aromatic N) is 2. The van der Waals surface area contributed by atoms with E-state index in [-0.39, 0.29) is 5.04 Å². The van der Waals surface area contributed by atoms with Crippen molar-refractivity contribution in [2.45, 2.75) is 45.4 Å². The highest BCUT2D eigenvalue weighted by Crippen LogP contribution is 2.34. The van der Waals surface area contributed by atoms with Crippen LogP contribution >= 0.6 is 0 Å². The average molecular weight is 288 g/mol. The summed E-state index contributed by atoms with van der Waals surface area (Å²) in [5, 5.41) is 0.176. The fourth-order valence-corrected chi connectivity index (χ4v) is 2.50. The Morgan fingerprint density at radius 3 is 2.45 bits per heavy atom. The van der Waals surface area contributed by atoms with Crippen LogP contribution in [0.25, 0.3) is 0 Å². The Bertz CT molecular complexity index is 555. The van der Waals surface area contributed by atoms with E-state index >= 15 is 0 Å². The van der Waals surface area contributed by atoms with Crippen molar-refractivity contribution < 1.29 is 9.37 Å². The summed E-state index contributed by atoms with van der Waals surface area (Å²) in [5.74, 6) is 0. The topological polar surface area (TPSA) is 18.0 Å². The lowest BCUT2D eigenvalue weighted by molar-refractivity contribution is -0.929. The summed E-state index contributed by atoms with van der Waals surface area (Å²) in [6.45, 7) is 12.0. The van der Waals surface area contributed by atoms with Gasteiger partial charge in [-0.05, 0) is 28.5 Å². The van der Waals surface area contributed by atoms with E-state index in [1.54, 1.807) is 4.85 Å². The van der Waals surface area contributed by atoms with E-state index in [4.69, 9.17) is 4.53 Å². The van der Waals surface area contributed by atoms with E-state index in [0.29, 0.717) is 0 Å². The third-order valence-corrected chi connectivity index (χ3v) is 8.21. The zero-order chi connectivity index (χ0) is 14.8. The van der Waals surface area contributed by atoms with E-state index in [1.807, 2.05) is 18.3 Å². The van der Waals surface area contributed by atoms with Crippen LogP contribution in [0.1, 0.15) is 26.3 Å². The highest BCUT2D eigenvalue weighted by molar-refractivity contribution is 6.74. The Hall–Kier alpha value is -1.55. The molecular formula is C16H24N2OSi. The van der Waals surface area contributed by atoms with Gasteiger partial charge in [0.1, 0.15) is 6.20 Å². The molecule has 2 aromatic rings. The third-order valence-electron chi connectivity index (χ3n) is 3.97. The molecule has 1 heterocycles. The van der Waals surface area contributed by atoms with Crippen LogP contribution in [0.2, 0.25) is 18.1 Å². The smallest absolute Gasteiger partial charge is 0.336 e. The second kappa shape index (κ2) is 5.44. The molecule has 0 fully saturated rings. The van der Waals surface area contributed by atoms with Gasteiger partial charge in [-0.2, -0.15) is 0 Å². The van der Waals surface area contributed by atoms with Crippen LogP contribution in [0, 0.1) is 6.20 Å². The largest absolute Gasteiger partial charge is 0.346 e. The maximum absolute atomic E-state index is 6.27. The summed E-state index contributed by atoms with van der Waals surface area (Å²) >= 11 is 0. The molecule has 0 aliphatic rings. The lowest BCUT2D eigenvalue weighted by Crippen LogP contribution is -2.63. The molecule has 4 heteroatoms. The fraction of sp³-hybridized carbons (Fsp3) is 0.438. The van der Waals surface area contributed by atoms with Crippen LogP contribution in [-0.2, 0) is 6.54 Å². The average Bonchev–Trinajstić information content (AvgIpc) is 2.76. The van der Waals surface area contributed by atoms with Crippen LogP contribution in [0.15, 0.2) is 42.6 Å². The van der Waals surface area contributed by atoms with Gasteiger partial charge in [-0.15, -0.1) is 6.07 Å². The van der Waals surface area contributed by atoms with Crippen molar-refractivity contribution in [1.29, 1.82) is 0 Å². The van der Waals surface area contributed by atoms with Gasteiger partial charge < -0.3 is 4.53 Å². The highest BCUT2D eigenvalue weighted by Gasteiger charge is 2.44. The van der Waals surface area contributed by atoms with E-state index in [9.17, 15) is 0 Å². The molecule has 0 radical (unpaired) electrons. The molecule has 2 rings (SSSR count). The standard InChI is InChI=1S/C16H24N2OSi/c1-16(2,3)20(4,5)19-18-13-9-12-17(18)14-15-10-7-6-8-11-15/h6-12H,14H2,1-5H3. The first-order valence-electron chi connectivity index (χ1n) is 7.02. The van der Waals surface area contributed by atoms with E-state index < -0.39 is 8.32 Å². The SMILES string of the molecule is CC(C)(C)[Si](C)(C)O[n+]1[c-]ccn1Cc1ccccc1. The molecule has 0 N–H and O–H groups in total. The van der Waals surface area contributed by atoms with E-state index in [2.05, 4.69) is 69.0 Å². The highest BCUT2D eigenvalue weighted by atomic mass is 28.4. The summed E-state index contributed by atoms with van der Waals surface area (Å²) in [6.07, 6.45) is 5.15. The molecule has 0 saturated heterocycles. The van der Waals surface area contributed by atoms with Crippen molar-refractivity contribution in [3.8, 4) is 0 Å². The molecule has 0 aliphatic heterocycles. The zero-order valence-corrected chi connectivity index (χ0v) is 14.1. The van der Waals surface area contributed by atoms with Crippen LogP contribution < -0.4 is 9.37 Å². The first kappa shape index (κ1) is 14.8. The number of rotatable bonds is 4. The summed E-state index contributed by atoms with van der Waals surface area (Å²) in [5.41, 5.74) is 1.25. The van der Waals surface area contributed by atoms with Crippen molar-refractivity contribution in [2.24, 2.45) is 0 Å². The maximum atomic E-state index is 6.27. The van der Waals surface area contributed by atoms with Gasteiger partial charge in [0.2, 0.25) is 0 Å². The molecule has 1 aromatic heterocycles. The first-order valence-corrected chi connectivity index (χ1v) is 9.93. The lowest BCUT2D eigenvalue weighted by atomic mass is 10.2. The quantitative estimate of drug-likeness (QED) is 0.480. The van der Waals surface area contributed by atoms with Crippen molar-refractivity contribution in [3.05, 3.63) is 54.4 Å². The van der Waals surface area contributed by atoms with Gasteiger partial charge in [0, 0.05) is 0 Å². The normalized spacial score (nSPS) is 12.4. The van der Waals surface area contributed by atoms with Gasteiger partial charge in [0.05, 0.1) is 6.54 Å². The Balaban J connectivity index is 2.18. The molecule has 0 unspecified atom stereocenters. The van der Waals surface area contributed by atoms with Gasteiger partial charge in [-0.3, -0.25) is 0 Å². The number of benzene rings is 1. The molecule has 1 aromatic carbocycles. The summed E-state index contributed by atoms with van der Waals surface area (Å²) in [6, 6.07) is 12.3. The third kappa shape index (κ3) is 3.31. The fourth-order valence-electron chi connectivity index (χ4n) is 1.64. The van der Waals surface area contributed by atoms with Gasteiger partial charge in [0.15, 0.2) is 0 Å². The Labute approximate surface area is 122 Å². The van der Waals surface area contributed by atoms with Crippen molar-refractivity contribution in [3.63, 3.8) is 0 Å². The lowest BCUT2D eigenvalue weighted by Gasteiger charge is -2.31. The molecule has 0 aliphatic carbocycles. The molecule has 0 atom stereocenters. The predicted octanol–water partition coefficient (Wildman–Crippen LogP) is 3.06. The monoisotopic (exact) mass is 288 g/mol. The van der Waals surface area contributed by atoms with Crippen LogP contribution in [0.3, 0.4) is 0 Å². The summed E-state index contributed by atoms with van der Waals surface area (Å²) in [4.78, 5) is 1.77. The molecular weight excluding hydrogens is 264 g/mol. The van der Waals surface area contributed by atoms with Crippen molar-refractivity contribution in [2.75, 3.05) is 0 Å². The molecule has 0 bridgehead atoms. The minimum atomic E-state index is -1.85. The van der Waals surface area contributed by atoms with E-state index in [0.717, 1.165) is 6.54 Å². The van der Waals surface area contributed by atoms with Crippen LogP contribution in [-0.4, -0.2) is 13.0 Å². The maximum Gasteiger partial charge on any atom is 0.346 e. The minimum absolute atomic E-state index is 0.176. The van der Waals surface area contributed by atoms with Crippen molar-refractivity contribution in [1.82, 2.24) is 4.68 Å². The predicted molar refractivity (Wildman–Crippen MR) is 82.8 cm³/mol. The van der Waals surface area contributed by atoms with Crippen molar-refractivity contribution >= 4 is 8.32 Å². The summed E-state index contributed by atoms with van der Waals surface area (Å²) < 4.78 is 8.32. The second-order valence-electron chi connectivity index (χ2n) is 6.65. The second-order valence-corrected chi connectivity index (χ2v) is 11.4. The van der Waals surface area contributed by atoms with Crippen LogP contribution in [0.4, 0.5) is 0 Å². The first-order chi connectivity index (χ1) is 9.29. The van der Waals surface area contributed by atoms with E-state index in [1.165, 1.54) is 5.56 Å². The Kier molecular flexibility index (Phi) is 4.04.